The van der Waals surface area contributed by atoms with Crippen LogP contribution in [0.4, 0.5) is 10.1 Å². The van der Waals surface area contributed by atoms with Gasteiger partial charge in [-0.25, -0.2) is 4.39 Å². The van der Waals surface area contributed by atoms with Crippen LogP contribution in [0.1, 0.15) is 11.1 Å². The van der Waals surface area contributed by atoms with Crippen molar-refractivity contribution in [3.8, 4) is 0 Å². The van der Waals surface area contributed by atoms with Crippen molar-refractivity contribution in [1.82, 2.24) is 5.32 Å². The number of ether oxygens (including phenoxy) is 1. The Morgan fingerprint density at radius 2 is 1.74 bits per heavy atom. The summed E-state index contributed by atoms with van der Waals surface area (Å²) in [5, 5.41) is 3.38. The summed E-state index contributed by atoms with van der Waals surface area (Å²) in [5.41, 5.74) is 3.27. The van der Waals surface area contributed by atoms with Crippen LogP contribution in [0.5, 0.6) is 0 Å². The molecule has 122 valence electrons. The molecule has 1 fully saturated rings. The zero-order valence-corrected chi connectivity index (χ0v) is 13.3. The topological polar surface area (TPSA) is 24.5 Å². The van der Waals surface area contributed by atoms with Gasteiger partial charge < -0.3 is 15.0 Å². The fraction of sp³-hybridized carbons (Fsp3) is 0.368. The van der Waals surface area contributed by atoms with E-state index >= 15 is 0 Å². The van der Waals surface area contributed by atoms with Crippen LogP contribution in [0, 0.1) is 5.82 Å². The molecule has 1 N–H and O–H groups in total. The van der Waals surface area contributed by atoms with Gasteiger partial charge in [0.15, 0.2) is 0 Å². The van der Waals surface area contributed by atoms with Crippen molar-refractivity contribution in [3.05, 3.63) is 65.5 Å². The van der Waals surface area contributed by atoms with Gasteiger partial charge >= 0.3 is 0 Å². The second kappa shape index (κ2) is 8.09. The highest BCUT2D eigenvalue weighted by atomic mass is 19.1. The van der Waals surface area contributed by atoms with Crippen LogP contribution < -0.4 is 10.2 Å². The predicted octanol–water partition coefficient (Wildman–Crippen LogP) is 2.99. The van der Waals surface area contributed by atoms with Crippen LogP contribution in [0.15, 0.2) is 48.5 Å². The van der Waals surface area contributed by atoms with E-state index in [2.05, 4.69) is 34.5 Å². The van der Waals surface area contributed by atoms with Crippen molar-refractivity contribution < 1.29 is 9.13 Å². The zero-order chi connectivity index (χ0) is 15.9. The fourth-order valence-electron chi connectivity index (χ4n) is 2.80. The van der Waals surface area contributed by atoms with E-state index < -0.39 is 0 Å². The minimum absolute atomic E-state index is 0.121. The molecule has 0 amide bonds. The molecular weight excluding hydrogens is 291 g/mol. The van der Waals surface area contributed by atoms with Crippen molar-refractivity contribution in [1.29, 1.82) is 0 Å². The highest BCUT2D eigenvalue weighted by Crippen LogP contribution is 2.16. The highest BCUT2D eigenvalue weighted by molar-refractivity contribution is 5.47. The molecule has 3 rings (SSSR count). The molecule has 23 heavy (non-hydrogen) atoms. The van der Waals surface area contributed by atoms with Gasteiger partial charge in [-0.3, -0.25) is 0 Å². The van der Waals surface area contributed by atoms with E-state index in [4.69, 9.17) is 4.74 Å². The molecule has 0 unspecified atom stereocenters. The van der Waals surface area contributed by atoms with Gasteiger partial charge in [-0.1, -0.05) is 30.3 Å². The highest BCUT2D eigenvalue weighted by Gasteiger charge is 2.10. The quantitative estimate of drug-likeness (QED) is 0.830. The molecule has 1 aliphatic rings. The summed E-state index contributed by atoms with van der Waals surface area (Å²) in [7, 11) is 0. The van der Waals surface area contributed by atoms with Crippen LogP contribution in [-0.2, 0) is 17.7 Å². The monoisotopic (exact) mass is 314 g/mol. The predicted molar refractivity (Wildman–Crippen MR) is 91.3 cm³/mol. The molecule has 0 bridgehead atoms. The maximum atomic E-state index is 13.5. The van der Waals surface area contributed by atoms with Crippen LogP contribution >= 0.6 is 0 Å². The van der Waals surface area contributed by atoms with Crippen LogP contribution in [0.2, 0.25) is 0 Å². The Morgan fingerprint density at radius 3 is 2.48 bits per heavy atom. The zero-order valence-electron chi connectivity index (χ0n) is 13.3. The maximum Gasteiger partial charge on any atom is 0.126 e. The Morgan fingerprint density at radius 1 is 1.00 bits per heavy atom. The number of hydrogen-bond acceptors (Lipinski definition) is 3. The summed E-state index contributed by atoms with van der Waals surface area (Å²) in [4.78, 5) is 2.35. The molecule has 0 radical (unpaired) electrons. The summed E-state index contributed by atoms with van der Waals surface area (Å²) in [6.45, 7) is 5.10. The summed E-state index contributed by atoms with van der Waals surface area (Å²) in [5.74, 6) is -0.121. The van der Waals surface area contributed by atoms with Gasteiger partial charge in [-0.15, -0.1) is 0 Å². The summed E-state index contributed by atoms with van der Waals surface area (Å²) >= 11 is 0. The molecule has 0 saturated carbocycles. The molecule has 0 spiro atoms. The van der Waals surface area contributed by atoms with E-state index in [1.807, 2.05) is 12.1 Å². The van der Waals surface area contributed by atoms with Crippen LogP contribution in [0.3, 0.4) is 0 Å². The Kier molecular flexibility index (Phi) is 5.61. The number of benzene rings is 2. The lowest BCUT2D eigenvalue weighted by atomic mass is 10.1. The average molecular weight is 314 g/mol. The summed E-state index contributed by atoms with van der Waals surface area (Å²) < 4.78 is 18.9. The molecule has 0 atom stereocenters. The van der Waals surface area contributed by atoms with E-state index in [1.54, 1.807) is 6.07 Å². The number of nitrogens with zero attached hydrogens (tertiary/aromatic N) is 1. The number of morpholine rings is 1. The number of hydrogen-bond donors (Lipinski definition) is 1. The van der Waals surface area contributed by atoms with E-state index in [-0.39, 0.29) is 5.82 Å². The molecule has 0 aromatic heterocycles. The Balaban J connectivity index is 1.44. The molecule has 0 aliphatic carbocycles. The van der Waals surface area contributed by atoms with Crippen LogP contribution in [-0.4, -0.2) is 32.8 Å². The van der Waals surface area contributed by atoms with Crippen molar-refractivity contribution >= 4 is 5.69 Å². The molecule has 2 aromatic carbocycles. The first kappa shape index (κ1) is 16.0. The lowest BCUT2D eigenvalue weighted by molar-refractivity contribution is 0.122. The molecule has 2 aromatic rings. The number of rotatable bonds is 6. The van der Waals surface area contributed by atoms with Gasteiger partial charge in [-0.2, -0.15) is 0 Å². The molecule has 3 nitrogen and oxygen atoms in total. The SMILES string of the molecule is Fc1ccccc1CCNCc1ccc(N2CCOCC2)cc1. The standard InChI is InChI=1S/C19H23FN2O/c20-19-4-2-1-3-17(19)9-10-21-15-16-5-7-18(8-6-16)22-11-13-23-14-12-22/h1-8,21H,9-15H2. The second-order valence-electron chi connectivity index (χ2n) is 5.78. The first-order chi connectivity index (χ1) is 11.3. The van der Waals surface area contributed by atoms with Crippen molar-refractivity contribution in [2.24, 2.45) is 0 Å². The average Bonchev–Trinajstić information content (AvgIpc) is 2.61. The van der Waals surface area contributed by atoms with Gasteiger partial charge in [-0.05, 0) is 42.3 Å². The fourth-order valence-corrected chi connectivity index (χ4v) is 2.80. The normalized spacial score (nSPS) is 14.9. The minimum Gasteiger partial charge on any atom is -0.378 e. The van der Waals surface area contributed by atoms with Crippen LogP contribution in [0.25, 0.3) is 0 Å². The maximum absolute atomic E-state index is 13.5. The third-order valence-corrected chi connectivity index (χ3v) is 4.17. The number of nitrogens with one attached hydrogen (secondary N) is 1. The van der Waals surface area contributed by atoms with E-state index in [1.165, 1.54) is 17.3 Å². The van der Waals surface area contributed by atoms with Gasteiger partial charge in [0.25, 0.3) is 0 Å². The van der Waals surface area contributed by atoms with Gasteiger partial charge in [0, 0.05) is 25.3 Å². The van der Waals surface area contributed by atoms with E-state index in [9.17, 15) is 4.39 Å². The molecule has 4 heteroatoms. The smallest absolute Gasteiger partial charge is 0.126 e. The lowest BCUT2D eigenvalue weighted by Gasteiger charge is -2.28. The third kappa shape index (κ3) is 4.53. The minimum atomic E-state index is -0.121. The largest absolute Gasteiger partial charge is 0.378 e. The van der Waals surface area contributed by atoms with Gasteiger partial charge in [0.2, 0.25) is 0 Å². The van der Waals surface area contributed by atoms with E-state index in [0.717, 1.165) is 45.0 Å². The van der Waals surface area contributed by atoms with E-state index in [0.29, 0.717) is 6.42 Å². The summed E-state index contributed by atoms with van der Waals surface area (Å²) in [6, 6.07) is 15.6. The number of anilines is 1. The Bertz CT molecular complexity index is 609. The molecule has 1 heterocycles. The van der Waals surface area contributed by atoms with Crippen molar-refractivity contribution in [2.75, 3.05) is 37.7 Å². The van der Waals surface area contributed by atoms with Gasteiger partial charge in [0.05, 0.1) is 13.2 Å². The molecular formula is C19H23FN2O. The van der Waals surface area contributed by atoms with Crippen molar-refractivity contribution in [2.45, 2.75) is 13.0 Å². The van der Waals surface area contributed by atoms with Gasteiger partial charge in [0.1, 0.15) is 5.82 Å². The van der Waals surface area contributed by atoms with Crippen molar-refractivity contribution in [3.63, 3.8) is 0 Å². The Hall–Kier alpha value is -1.91. The Labute approximate surface area is 137 Å². The summed E-state index contributed by atoms with van der Waals surface area (Å²) in [6.07, 6.45) is 0.707. The number of halogens is 1. The first-order valence-electron chi connectivity index (χ1n) is 8.19. The third-order valence-electron chi connectivity index (χ3n) is 4.17. The second-order valence-corrected chi connectivity index (χ2v) is 5.78. The lowest BCUT2D eigenvalue weighted by Crippen LogP contribution is -2.36. The first-order valence-corrected chi connectivity index (χ1v) is 8.19. The molecule has 1 saturated heterocycles. The molecule has 1 aliphatic heterocycles.